The second-order valence-corrected chi connectivity index (χ2v) is 7.03. The highest BCUT2D eigenvalue weighted by molar-refractivity contribution is 8.25. The normalized spacial score (nSPS) is 14.8. The van der Waals surface area contributed by atoms with E-state index in [1.807, 2.05) is 41.6 Å². The second-order valence-electron chi connectivity index (χ2n) is 4.47. The first-order valence-corrected chi connectivity index (χ1v) is 8.42. The van der Waals surface area contributed by atoms with Crippen molar-refractivity contribution in [3.8, 4) is 0 Å². The van der Waals surface area contributed by atoms with Crippen LogP contribution < -0.4 is 4.90 Å². The summed E-state index contributed by atoms with van der Waals surface area (Å²) in [5.74, 6) is -1.47. The van der Waals surface area contributed by atoms with Crippen molar-refractivity contribution in [1.82, 2.24) is 4.90 Å². The summed E-state index contributed by atoms with van der Waals surface area (Å²) in [6.45, 7) is 0.878. The molecule has 8 heteroatoms. The number of hydrogen-bond donors (Lipinski definition) is 1. The third kappa shape index (κ3) is 3.82. The lowest BCUT2D eigenvalue weighted by Crippen LogP contribution is -2.36. The number of nitrogens with zero attached hydrogens (tertiary/aromatic N) is 2. The van der Waals surface area contributed by atoms with Gasteiger partial charge in [0.15, 0.2) is 0 Å². The molecule has 116 valence electrons. The van der Waals surface area contributed by atoms with Gasteiger partial charge in [-0.25, -0.2) is 0 Å². The van der Waals surface area contributed by atoms with Gasteiger partial charge in [-0.3, -0.25) is 14.5 Å². The highest BCUT2D eigenvalue weighted by atomic mass is 32.2. The van der Waals surface area contributed by atoms with Gasteiger partial charge in [-0.2, -0.15) is 0 Å². The fourth-order valence-electron chi connectivity index (χ4n) is 1.83. The molecule has 1 aromatic carbocycles. The standard InChI is InChI=1S/C14H14N2O3S3/c1-9(17)16(7-13(18)19)14(20)21-8-12-15(2)10-5-3-4-6-11(10)22-12/h3-6,8H,7H2,1-2H3,(H,18,19)/b12-8+. The van der Waals surface area contributed by atoms with Gasteiger partial charge in [-0.05, 0) is 12.1 Å². The van der Waals surface area contributed by atoms with Gasteiger partial charge in [0.05, 0.1) is 10.7 Å². The van der Waals surface area contributed by atoms with E-state index in [1.54, 1.807) is 11.8 Å². The van der Waals surface area contributed by atoms with E-state index in [9.17, 15) is 9.59 Å². The Balaban J connectivity index is 2.07. The molecular formula is C14H14N2O3S3. The molecule has 0 aromatic heterocycles. The smallest absolute Gasteiger partial charge is 0.323 e. The Morgan fingerprint density at radius 2 is 2.14 bits per heavy atom. The summed E-state index contributed by atoms with van der Waals surface area (Å²) >= 11 is 7.94. The maximum Gasteiger partial charge on any atom is 0.323 e. The SMILES string of the molecule is CC(=O)N(CC(=O)O)C(=S)S/C=C1/Sc2ccccc2N1C. The average Bonchev–Trinajstić information content (AvgIpc) is 2.79. The van der Waals surface area contributed by atoms with E-state index in [0.717, 1.165) is 20.5 Å². The number of anilines is 1. The number of amides is 1. The first-order chi connectivity index (χ1) is 10.4. The predicted octanol–water partition coefficient (Wildman–Crippen LogP) is 2.98. The molecule has 1 N–H and O–H groups in total. The summed E-state index contributed by atoms with van der Waals surface area (Å²) in [7, 11) is 1.95. The van der Waals surface area contributed by atoms with Crippen LogP contribution in [0.25, 0.3) is 0 Å². The first kappa shape index (κ1) is 16.9. The Kier molecular flexibility index (Phi) is 5.49. The summed E-state index contributed by atoms with van der Waals surface area (Å²) in [5, 5.41) is 11.6. The molecule has 0 saturated carbocycles. The molecule has 0 bridgehead atoms. The van der Waals surface area contributed by atoms with Crippen LogP contribution in [-0.2, 0) is 9.59 Å². The lowest BCUT2D eigenvalue weighted by Gasteiger charge is -2.18. The minimum Gasteiger partial charge on any atom is -0.480 e. The molecule has 0 atom stereocenters. The van der Waals surface area contributed by atoms with Crippen molar-refractivity contribution in [2.24, 2.45) is 0 Å². The number of carboxylic acid groups (broad SMARTS) is 1. The molecule has 2 rings (SSSR count). The third-order valence-corrected chi connectivity index (χ3v) is 5.51. The zero-order valence-electron chi connectivity index (χ0n) is 12.0. The molecule has 1 aliphatic heterocycles. The molecule has 1 aliphatic rings. The predicted molar refractivity (Wildman–Crippen MR) is 94.0 cm³/mol. The third-order valence-electron chi connectivity index (χ3n) is 2.93. The van der Waals surface area contributed by atoms with Crippen molar-refractivity contribution in [3.05, 3.63) is 34.7 Å². The van der Waals surface area contributed by atoms with Crippen LogP contribution in [0.5, 0.6) is 0 Å². The van der Waals surface area contributed by atoms with E-state index >= 15 is 0 Å². The van der Waals surface area contributed by atoms with Crippen LogP contribution >= 0.6 is 35.7 Å². The van der Waals surface area contributed by atoms with Crippen LogP contribution in [0.4, 0.5) is 5.69 Å². The fraction of sp³-hybridized carbons (Fsp3) is 0.214. The van der Waals surface area contributed by atoms with Crippen molar-refractivity contribution in [2.75, 3.05) is 18.5 Å². The molecule has 22 heavy (non-hydrogen) atoms. The maximum atomic E-state index is 11.5. The number of carbonyl (C=O) groups is 2. The minimum absolute atomic E-state index is 0.229. The Hall–Kier alpha value is -1.51. The van der Waals surface area contributed by atoms with Gasteiger partial charge in [0, 0.05) is 24.3 Å². The number of thioether (sulfide) groups is 2. The highest BCUT2D eigenvalue weighted by Crippen LogP contribution is 2.45. The quantitative estimate of drug-likeness (QED) is 0.837. The van der Waals surface area contributed by atoms with Gasteiger partial charge in [0.2, 0.25) is 5.91 Å². The zero-order chi connectivity index (χ0) is 16.3. The number of benzene rings is 1. The van der Waals surface area contributed by atoms with Gasteiger partial charge < -0.3 is 10.0 Å². The minimum atomic E-state index is -1.09. The van der Waals surface area contributed by atoms with Crippen molar-refractivity contribution in [1.29, 1.82) is 0 Å². The molecule has 0 saturated heterocycles. The van der Waals surface area contributed by atoms with Crippen molar-refractivity contribution < 1.29 is 14.7 Å². The van der Waals surface area contributed by atoms with Gasteiger partial charge in [-0.15, -0.1) is 0 Å². The summed E-state index contributed by atoms with van der Waals surface area (Å²) in [5.41, 5.74) is 1.11. The number of para-hydroxylation sites is 1. The van der Waals surface area contributed by atoms with Gasteiger partial charge >= 0.3 is 5.97 Å². The Labute approximate surface area is 142 Å². The van der Waals surface area contributed by atoms with E-state index in [0.29, 0.717) is 0 Å². The molecular weight excluding hydrogens is 340 g/mol. The molecule has 0 spiro atoms. The Bertz CT molecular complexity index is 660. The maximum absolute atomic E-state index is 11.5. The number of carboxylic acids is 1. The zero-order valence-corrected chi connectivity index (χ0v) is 14.4. The van der Waals surface area contributed by atoms with Crippen molar-refractivity contribution in [3.63, 3.8) is 0 Å². The Morgan fingerprint density at radius 3 is 2.73 bits per heavy atom. The van der Waals surface area contributed by atoms with E-state index in [4.69, 9.17) is 17.3 Å². The highest BCUT2D eigenvalue weighted by Gasteiger charge is 2.22. The van der Waals surface area contributed by atoms with E-state index in [-0.39, 0.29) is 10.2 Å². The lowest BCUT2D eigenvalue weighted by molar-refractivity contribution is -0.140. The van der Waals surface area contributed by atoms with Gasteiger partial charge in [0.25, 0.3) is 0 Å². The summed E-state index contributed by atoms with van der Waals surface area (Å²) in [4.78, 5) is 26.5. The molecule has 1 aromatic rings. The van der Waals surface area contributed by atoms with E-state index in [1.165, 1.54) is 18.7 Å². The van der Waals surface area contributed by atoms with Crippen LogP contribution in [-0.4, -0.2) is 39.8 Å². The number of hydrogen-bond acceptors (Lipinski definition) is 6. The number of rotatable bonds is 3. The molecule has 0 unspecified atom stereocenters. The summed E-state index contributed by atoms with van der Waals surface area (Å²) in [6.07, 6.45) is 0. The monoisotopic (exact) mass is 354 g/mol. The molecule has 5 nitrogen and oxygen atoms in total. The van der Waals surface area contributed by atoms with E-state index < -0.39 is 12.5 Å². The number of thiocarbonyl (C=S) groups is 1. The van der Waals surface area contributed by atoms with Gasteiger partial charge in [0.1, 0.15) is 10.9 Å². The number of aliphatic carboxylic acids is 1. The molecule has 0 radical (unpaired) electrons. The summed E-state index contributed by atoms with van der Waals surface area (Å²) < 4.78 is 0.229. The molecule has 1 heterocycles. The van der Waals surface area contributed by atoms with Crippen LogP contribution in [0.1, 0.15) is 6.92 Å². The van der Waals surface area contributed by atoms with Crippen LogP contribution in [0.15, 0.2) is 39.6 Å². The molecule has 0 aliphatic carbocycles. The summed E-state index contributed by atoms with van der Waals surface area (Å²) in [6, 6.07) is 8.01. The van der Waals surface area contributed by atoms with Crippen LogP contribution in [0.2, 0.25) is 0 Å². The first-order valence-electron chi connectivity index (χ1n) is 6.31. The van der Waals surface area contributed by atoms with Crippen molar-refractivity contribution >= 4 is 57.6 Å². The van der Waals surface area contributed by atoms with E-state index in [2.05, 4.69) is 0 Å². The molecule has 0 fully saturated rings. The second kappa shape index (κ2) is 7.17. The van der Waals surface area contributed by atoms with Crippen LogP contribution in [0, 0.1) is 0 Å². The number of fused-ring (bicyclic) bond motifs is 1. The molecule has 1 amide bonds. The number of carbonyl (C=O) groups excluding carboxylic acids is 1. The largest absolute Gasteiger partial charge is 0.480 e. The van der Waals surface area contributed by atoms with Gasteiger partial charge in [-0.1, -0.05) is 47.9 Å². The fourth-order valence-corrected chi connectivity index (χ4v) is 4.10. The van der Waals surface area contributed by atoms with Crippen LogP contribution in [0.3, 0.4) is 0 Å². The Morgan fingerprint density at radius 1 is 1.45 bits per heavy atom. The lowest BCUT2D eigenvalue weighted by atomic mass is 10.3. The topological polar surface area (TPSA) is 60.9 Å². The average molecular weight is 354 g/mol. The van der Waals surface area contributed by atoms with Crippen molar-refractivity contribution in [2.45, 2.75) is 11.8 Å².